The van der Waals surface area contributed by atoms with Gasteiger partial charge in [-0.25, -0.2) is 0 Å². The van der Waals surface area contributed by atoms with Crippen LogP contribution >= 0.6 is 0 Å². The van der Waals surface area contributed by atoms with Gasteiger partial charge >= 0.3 is 0 Å². The Morgan fingerprint density at radius 2 is 2.12 bits per heavy atom. The molecule has 17 heavy (non-hydrogen) atoms. The molecule has 0 spiro atoms. The van der Waals surface area contributed by atoms with Crippen molar-refractivity contribution in [1.29, 1.82) is 0 Å². The quantitative estimate of drug-likeness (QED) is 0.827. The lowest BCUT2D eigenvalue weighted by Gasteiger charge is -2.23. The summed E-state index contributed by atoms with van der Waals surface area (Å²) in [5.41, 5.74) is 7.76. The molecule has 4 heteroatoms. The van der Waals surface area contributed by atoms with Crippen LogP contribution in [-0.2, 0) is 0 Å². The molecule has 1 saturated carbocycles. The fraction of sp³-hybridized carbons (Fsp3) is 0.538. The summed E-state index contributed by atoms with van der Waals surface area (Å²) in [6.45, 7) is 1.29. The highest BCUT2D eigenvalue weighted by Crippen LogP contribution is 2.54. The fourth-order valence-electron chi connectivity index (χ4n) is 2.57. The maximum absolute atomic E-state index is 6.38. The average molecular weight is 234 g/mol. The van der Waals surface area contributed by atoms with Crippen molar-refractivity contribution in [1.82, 2.24) is 5.32 Å². The molecule has 3 rings (SSSR count). The topological polar surface area (TPSA) is 56.5 Å². The second-order valence-corrected chi connectivity index (χ2v) is 4.98. The van der Waals surface area contributed by atoms with Crippen molar-refractivity contribution in [2.75, 3.05) is 20.4 Å². The molecule has 0 amide bonds. The summed E-state index contributed by atoms with van der Waals surface area (Å²) in [6.07, 6.45) is 2.40. The lowest BCUT2D eigenvalue weighted by molar-refractivity contribution is 0.174. The van der Waals surface area contributed by atoms with E-state index >= 15 is 0 Å². The van der Waals surface area contributed by atoms with Crippen LogP contribution in [0.2, 0.25) is 0 Å². The van der Waals surface area contributed by atoms with Crippen LogP contribution in [0.4, 0.5) is 0 Å². The maximum Gasteiger partial charge on any atom is 0.231 e. The van der Waals surface area contributed by atoms with Gasteiger partial charge in [-0.15, -0.1) is 0 Å². The number of nitrogens with two attached hydrogens (primary N) is 1. The van der Waals surface area contributed by atoms with E-state index in [1.54, 1.807) is 0 Å². The third-order valence-corrected chi connectivity index (χ3v) is 3.84. The molecule has 2 aliphatic rings. The summed E-state index contributed by atoms with van der Waals surface area (Å²) in [6, 6.07) is 6.09. The maximum atomic E-state index is 6.38. The lowest BCUT2D eigenvalue weighted by atomic mass is 9.90. The van der Waals surface area contributed by atoms with Gasteiger partial charge in [-0.05, 0) is 37.6 Å². The zero-order valence-electron chi connectivity index (χ0n) is 10.0. The molecular weight excluding hydrogens is 216 g/mol. The fourth-order valence-corrected chi connectivity index (χ4v) is 2.57. The zero-order valence-corrected chi connectivity index (χ0v) is 10.0. The molecule has 1 aromatic carbocycles. The minimum absolute atomic E-state index is 0.0736. The van der Waals surface area contributed by atoms with E-state index in [9.17, 15) is 0 Å². The first-order chi connectivity index (χ1) is 8.25. The number of ether oxygens (including phenoxy) is 2. The van der Waals surface area contributed by atoms with Crippen LogP contribution in [-0.4, -0.2) is 20.4 Å². The van der Waals surface area contributed by atoms with Gasteiger partial charge in [0.2, 0.25) is 6.79 Å². The van der Waals surface area contributed by atoms with Crippen LogP contribution in [0.3, 0.4) is 0 Å². The Kier molecular flexibility index (Phi) is 2.49. The lowest BCUT2D eigenvalue weighted by Crippen LogP contribution is -2.31. The Bertz CT molecular complexity index is 429. The number of hydrogen-bond acceptors (Lipinski definition) is 4. The molecule has 1 aliphatic carbocycles. The van der Waals surface area contributed by atoms with E-state index in [4.69, 9.17) is 15.2 Å². The van der Waals surface area contributed by atoms with Gasteiger partial charge in [0.25, 0.3) is 0 Å². The minimum Gasteiger partial charge on any atom is -0.454 e. The average Bonchev–Trinajstić information content (AvgIpc) is 2.97. The Hall–Kier alpha value is -1.26. The Balaban J connectivity index is 1.84. The Morgan fingerprint density at radius 1 is 1.35 bits per heavy atom. The predicted molar refractivity (Wildman–Crippen MR) is 65.1 cm³/mol. The van der Waals surface area contributed by atoms with Crippen LogP contribution in [0.15, 0.2) is 18.2 Å². The molecule has 4 nitrogen and oxygen atoms in total. The second kappa shape index (κ2) is 3.89. The molecule has 0 radical (unpaired) electrons. The van der Waals surface area contributed by atoms with E-state index in [1.807, 2.05) is 25.2 Å². The number of benzene rings is 1. The highest BCUT2D eigenvalue weighted by molar-refractivity contribution is 5.45. The van der Waals surface area contributed by atoms with E-state index in [0.29, 0.717) is 6.79 Å². The monoisotopic (exact) mass is 234 g/mol. The normalized spacial score (nSPS) is 21.3. The van der Waals surface area contributed by atoms with Crippen molar-refractivity contribution in [3.8, 4) is 11.5 Å². The molecule has 0 saturated heterocycles. The molecule has 1 fully saturated rings. The largest absolute Gasteiger partial charge is 0.454 e. The number of hydrogen-bond donors (Lipinski definition) is 2. The highest BCUT2D eigenvalue weighted by atomic mass is 16.7. The van der Waals surface area contributed by atoms with E-state index in [-0.39, 0.29) is 11.5 Å². The molecule has 1 heterocycles. The van der Waals surface area contributed by atoms with E-state index in [1.165, 1.54) is 12.8 Å². The third-order valence-electron chi connectivity index (χ3n) is 3.84. The van der Waals surface area contributed by atoms with Gasteiger partial charge in [0.15, 0.2) is 11.5 Å². The summed E-state index contributed by atoms with van der Waals surface area (Å²) >= 11 is 0. The van der Waals surface area contributed by atoms with Gasteiger partial charge in [0, 0.05) is 18.0 Å². The first-order valence-electron chi connectivity index (χ1n) is 6.05. The van der Waals surface area contributed by atoms with Gasteiger partial charge < -0.3 is 20.5 Å². The third kappa shape index (κ3) is 1.77. The van der Waals surface area contributed by atoms with E-state index in [0.717, 1.165) is 23.6 Å². The van der Waals surface area contributed by atoms with Crippen LogP contribution < -0.4 is 20.5 Å². The number of nitrogens with one attached hydrogen (secondary N) is 1. The van der Waals surface area contributed by atoms with Crippen molar-refractivity contribution in [2.45, 2.75) is 18.9 Å². The minimum atomic E-state index is 0.0736. The van der Waals surface area contributed by atoms with Crippen molar-refractivity contribution >= 4 is 0 Å². The van der Waals surface area contributed by atoms with Gasteiger partial charge in [0.1, 0.15) is 0 Å². The first-order valence-corrected chi connectivity index (χ1v) is 6.05. The van der Waals surface area contributed by atoms with Crippen molar-refractivity contribution in [2.24, 2.45) is 11.1 Å². The van der Waals surface area contributed by atoms with Gasteiger partial charge in [-0.3, -0.25) is 0 Å². The molecule has 1 atom stereocenters. The molecule has 1 aromatic rings. The van der Waals surface area contributed by atoms with Crippen LogP contribution in [0, 0.1) is 5.41 Å². The molecule has 1 unspecified atom stereocenters. The molecule has 3 N–H and O–H groups in total. The van der Waals surface area contributed by atoms with E-state index < -0.39 is 0 Å². The highest BCUT2D eigenvalue weighted by Gasteiger charge is 2.47. The van der Waals surface area contributed by atoms with Gasteiger partial charge in [0.05, 0.1) is 0 Å². The number of rotatable bonds is 4. The van der Waals surface area contributed by atoms with Crippen LogP contribution in [0.1, 0.15) is 24.4 Å². The first kappa shape index (κ1) is 10.9. The summed E-state index contributed by atoms with van der Waals surface area (Å²) in [5.74, 6) is 1.64. The zero-order chi connectivity index (χ0) is 11.9. The second-order valence-electron chi connectivity index (χ2n) is 4.98. The Morgan fingerprint density at radius 3 is 2.82 bits per heavy atom. The SMILES string of the molecule is CNCC1(C(N)c2ccc3c(c2)OCO3)CC1. The molecule has 1 aliphatic heterocycles. The smallest absolute Gasteiger partial charge is 0.231 e. The van der Waals surface area contributed by atoms with Gasteiger partial charge in [-0.2, -0.15) is 0 Å². The predicted octanol–water partition coefficient (Wildman–Crippen LogP) is 1.41. The molecule has 0 aromatic heterocycles. The van der Waals surface area contributed by atoms with E-state index in [2.05, 4.69) is 5.32 Å². The summed E-state index contributed by atoms with van der Waals surface area (Å²) in [5, 5.41) is 3.24. The van der Waals surface area contributed by atoms with Crippen LogP contribution in [0.5, 0.6) is 11.5 Å². The number of fused-ring (bicyclic) bond motifs is 1. The molecule has 92 valence electrons. The van der Waals surface area contributed by atoms with Crippen molar-refractivity contribution in [3.05, 3.63) is 23.8 Å². The summed E-state index contributed by atoms with van der Waals surface area (Å²) in [4.78, 5) is 0. The Labute approximate surface area is 101 Å². The summed E-state index contributed by atoms with van der Waals surface area (Å²) < 4.78 is 10.7. The summed E-state index contributed by atoms with van der Waals surface area (Å²) in [7, 11) is 1.98. The standard InChI is InChI=1S/C13H18N2O2/c1-15-7-13(4-5-13)12(14)9-2-3-10-11(6-9)17-8-16-10/h2-3,6,12,15H,4-5,7-8,14H2,1H3. The van der Waals surface area contributed by atoms with Crippen LogP contribution in [0.25, 0.3) is 0 Å². The van der Waals surface area contributed by atoms with Crippen molar-refractivity contribution < 1.29 is 9.47 Å². The van der Waals surface area contributed by atoms with Crippen molar-refractivity contribution in [3.63, 3.8) is 0 Å². The molecule has 0 bridgehead atoms. The van der Waals surface area contributed by atoms with Gasteiger partial charge in [-0.1, -0.05) is 6.07 Å². The molecular formula is C13H18N2O2.